The van der Waals surface area contributed by atoms with Crippen molar-refractivity contribution >= 4 is 12.4 Å². The molecule has 0 aliphatic heterocycles. The maximum Gasteiger partial charge on any atom is 0.167 e. The summed E-state index contributed by atoms with van der Waals surface area (Å²) in [4.78, 5) is 0. The number of nitriles is 1. The highest BCUT2D eigenvalue weighted by Gasteiger charge is 2.06. The molecule has 0 radical (unpaired) electrons. The van der Waals surface area contributed by atoms with Crippen LogP contribution >= 0.6 is 12.4 Å². The summed E-state index contributed by atoms with van der Waals surface area (Å²) >= 11 is 0. The maximum atomic E-state index is 12.9. The molecule has 0 saturated carbocycles. The van der Waals surface area contributed by atoms with Crippen molar-refractivity contribution in [2.75, 3.05) is 6.61 Å². The van der Waals surface area contributed by atoms with E-state index in [9.17, 15) is 8.78 Å². The van der Waals surface area contributed by atoms with Crippen LogP contribution < -0.4 is 10.5 Å². The first-order chi connectivity index (χ1) is 6.63. The van der Waals surface area contributed by atoms with Gasteiger partial charge in [0.15, 0.2) is 11.6 Å². The van der Waals surface area contributed by atoms with E-state index >= 15 is 0 Å². The first-order valence-corrected chi connectivity index (χ1v) is 3.86. The van der Waals surface area contributed by atoms with Crippen molar-refractivity contribution in [2.24, 2.45) is 5.73 Å². The molecule has 1 unspecified atom stereocenters. The largest absolute Gasteiger partial charge is 0.488 e. The van der Waals surface area contributed by atoms with Gasteiger partial charge in [-0.05, 0) is 12.1 Å². The highest BCUT2D eigenvalue weighted by molar-refractivity contribution is 5.85. The average molecular weight is 235 g/mol. The zero-order chi connectivity index (χ0) is 10.6. The van der Waals surface area contributed by atoms with Crippen molar-refractivity contribution in [1.82, 2.24) is 0 Å². The van der Waals surface area contributed by atoms with Crippen molar-refractivity contribution in [1.29, 1.82) is 5.26 Å². The van der Waals surface area contributed by atoms with Gasteiger partial charge in [0.1, 0.15) is 18.5 Å². The van der Waals surface area contributed by atoms with E-state index < -0.39 is 17.7 Å². The molecule has 6 heteroatoms. The minimum Gasteiger partial charge on any atom is -0.488 e. The molecular formula is C9H9ClF2N2O. The van der Waals surface area contributed by atoms with E-state index in [0.717, 1.165) is 12.1 Å². The number of benzene rings is 1. The number of hydrogen-bond donors (Lipinski definition) is 1. The summed E-state index contributed by atoms with van der Waals surface area (Å²) in [6.45, 7) is -0.126. The minimum atomic E-state index is -0.820. The molecule has 3 nitrogen and oxygen atoms in total. The van der Waals surface area contributed by atoms with Crippen LogP contribution in [0.4, 0.5) is 8.78 Å². The normalized spacial score (nSPS) is 11.1. The van der Waals surface area contributed by atoms with Crippen LogP contribution in [0.25, 0.3) is 0 Å². The van der Waals surface area contributed by atoms with Crippen molar-refractivity contribution in [3.63, 3.8) is 0 Å². The highest BCUT2D eigenvalue weighted by Crippen LogP contribution is 2.17. The van der Waals surface area contributed by atoms with Gasteiger partial charge in [-0.25, -0.2) is 8.78 Å². The van der Waals surface area contributed by atoms with Gasteiger partial charge in [-0.3, -0.25) is 0 Å². The van der Waals surface area contributed by atoms with Gasteiger partial charge in [0.05, 0.1) is 6.07 Å². The van der Waals surface area contributed by atoms with Gasteiger partial charge in [-0.2, -0.15) is 5.26 Å². The van der Waals surface area contributed by atoms with Crippen LogP contribution in [-0.4, -0.2) is 12.6 Å². The lowest BCUT2D eigenvalue weighted by molar-refractivity contribution is 0.292. The van der Waals surface area contributed by atoms with Crippen molar-refractivity contribution in [2.45, 2.75) is 6.04 Å². The van der Waals surface area contributed by atoms with Gasteiger partial charge in [0.2, 0.25) is 0 Å². The van der Waals surface area contributed by atoms with Gasteiger partial charge >= 0.3 is 0 Å². The molecule has 0 bridgehead atoms. The molecular weight excluding hydrogens is 226 g/mol. The Balaban J connectivity index is 0.00000196. The highest BCUT2D eigenvalue weighted by atomic mass is 35.5. The van der Waals surface area contributed by atoms with E-state index in [-0.39, 0.29) is 24.8 Å². The molecule has 1 aromatic carbocycles. The second-order valence-electron chi connectivity index (χ2n) is 2.62. The molecule has 0 fully saturated rings. The zero-order valence-electron chi connectivity index (χ0n) is 7.61. The molecule has 0 amide bonds. The van der Waals surface area contributed by atoms with Gasteiger partial charge in [0, 0.05) is 6.07 Å². The summed E-state index contributed by atoms with van der Waals surface area (Å²) in [5.74, 6) is -1.60. The predicted molar refractivity (Wildman–Crippen MR) is 52.7 cm³/mol. The lowest BCUT2D eigenvalue weighted by Gasteiger charge is -2.07. The Kier molecular flexibility index (Phi) is 5.60. The van der Waals surface area contributed by atoms with E-state index in [4.69, 9.17) is 15.7 Å². The fraction of sp³-hybridized carbons (Fsp3) is 0.222. The molecule has 0 heterocycles. The van der Waals surface area contributed by atoms with Gasteiger partial charge in [0.25, 0.3) is 0 Å². The van der Waals surface area contributed by atoms with E-state index in [1.165, 1.54) is 0 Å². The van der Waals surface area contributed by atoms with Gasteiger partial charge in [-0.1, -0.05) is 0 Å². The van der Waals surface area contributed by atoms with Crippen molar-refractivity contribution in [3.05, 3.63) is 29.8 Å². The smallest absolute Gasteiger partial charge is 0.167 e. The summed E-state index contributed by atoms with van der Waals surface area (Å²) in [5.41, 5.74) is 5.22. The number of halogens is 3. The number of nitrogens with two attached hydrogens (primary N) is 1. The second-order valence-corrected chi connectivity index (χ2v) is 2.62. The van der Waals surface area contributed by atoms with Crippen LogP contribution in [0.2, 0.25) is 0 Å². The third kappa shape index (κ3) is 4.11. The maximum absolute atomic E-state index is 12.9. The summed E-state index contributed by atoms with van der Waals surface area (Å²) in [6.07, 6.45) is 0. The molecule has 1 atom stereocenters. The van der Waals surface area contributed by atoms with Crippen molar-refractivity contribution < 1.29 is 13.5 Å². The van der Waals surface area contributed by atoms with E-state index in [0.29, 0.717) is 6.07 Å². The Labute approximate surface area is 91.9 Å². The van der Waals surface area contributed by atoms with Crippen LogP contribution in [0, 0.1) is 23.0 Å². The fourth-order valence-corrected chi connectivity index (χ4v) is 0.809. The summed E-state index contributed by atoms with van der Waals surface area (Å²) in [5, 5.41) is 8.32. The molecule has 1 aromatic rings. The van der Waals surface area contributed by atoms with Gasteiger partial charge in [-0.15, -0.1) is 12.4 Å². The number of rotatable bonds is 3. The monoisotopic (exact) mass is 234 g/mol. The molecule has 1 rings (SSSR count). The topological polar surface area (TPSA) is 59.0 Å². The number of hydrogen-bond acceptors (Lipinski definition) is 3. The quantitative estimate of drug-likeness (QED) is 0.865. The van der Waals surface area contributed by atoms with Crippen LogP contribution in [0.15, 0.2) is 18.2 Å². The zero-order valence-corrected chi connectivity index (χ0v) is 8.43. The van der Waals surface area contributed by atoms with Crippen LogP contribution in [0.1, 0.15) is 0 Å². The average Bonchev–Trinajstić information content (AvgIpc) is 2.16. The molecule has 82 valence electrons. The summed E-state index contributed by atoms with van der Waals surface area (Å²) in [7, 11) is 0. The molecule has 15 heavy (non-hydrogen) atoms. The summed E-state index contributed by atoms with van der Waals surface area (Å²) in [6, 6.07) is 3.82. The SMILES string of the molecule is Cl.N#CC(N)COc1ccc(F)cc1F. The van der Waals surface area contributed by atoms with E-state index in [1.54, 1.807) is 6.07 Å². The third-order valence-corrected chi connectivity index (χ3v) is 1.48. The second kappa shape index (κ2) is 6.17. The van der Waals surface area contributed by atoms with Crippen LogP contribution in [0.3, 0.4) is 0 Å². The third-order valence-electron chi connectivity index (χ3n) is 1.48. The Morgan fingerprint density at radius 2 is 2.13 bits per heavy atom. The lowest BCUT2D eigenvalue weighted by Crippen LogP contribution is -2.25. The Morgan fingerprint density at radius 1 is 1.47 bits per heavy atom. The number of ether oxygens (including phenoxy) is 1. The van der Waals surface area contributed by atoms with Crippen LogP contribution in [-0.2, 0) is 0 Å². The van der Waals surface area contributed by atoms with Crippen molar-refractivity contribution in [3.8, 4) is 11.8 Å². The van der Waals surface area contributed by atoms with E-state index in [2.05, 4.69) is 0 Å². The standard InChI is InChI=1S/C9H8F2N2O.ClH/c10-6-1-2-9(8(11)3-6)14-5-7(13)4-12;/h1-3,7H,5,13H2;1H. The molecule has 0 spiro atoms. The molecule has 0 aliphatic carbocycles. The van der Waals surface area contributed by atoms with Gasteiger partial charge < -0.3 is 10.5 Å². The molecule has 2 N–H and O–H groups in total. The summed E-state index contributed by atoms with van der Waals surface area (Å²) < 4.78 is 30.2. The van der Waals surface area contributed by atoms with Crippen LogP contribution in [0.5, 0.6) is 5.75 Å². The molecule has 0 aliphatic rings. The fourth-order valence-electron chi connectivity index (χ4n) is 0.809. The Morgan fingerprint density at radius 3 is 2.67 bits per heavy atom. The number of nitrogens with zero attached hydrogens (tertiary/aromatic N) is 1. The molecule has 0 saturated heterocycles. The minimum absolute atomic E-state index is 0. The lowest BCUT2D eigenvalue weighted by atomic mass is 10.3. The Bertz CT molecular complexity index is 368. The first kappa shape index (κ1) is 13.6. The predicted octanol–water partition coefficient (Wildman–Crippen LogP) is 1.62. The first-order valence-electron chi connectivity index (χ1n) is 3.86. The van der Waals surface area contributed by atoms with E-state index in [1.807, 2.05) is 0 Å². The molecule has 0 aromatic heterocycles. The Hall–Kier alpha value is -1.38.